The summed E-state index contributed by atoms with van der Waals surface area (Å²) in [5, 5.41) is 0. The Morgan fingerprint density at radius 1 is 0.921 bits per heavy atom. The number of halogens is 3. The Morgan fingerprint density at radius 3 is 2.29 bits per heavy atom. The van der Waals surface area contributed by atoms with Gasteiger partial charge in [0, 0.05) is 16.7 Å². The van der Waals surface area contributed by atoms with E-state index in [9.17, 15) is 21.6 Å². The van der Waals surface area contributed by atoms with Gasteiger partial charge < -0.3 is 8.60 Å². The van der Waals surface area contributed by atoms with Crippen LogP contribution < -0.4 is 4.18 Å². The fourth-order valence-corrected chi connectivity index (χ4v) is 5.07. The highest BCUT2D eigenvalue weighted by Crippen LogP contribution is 2.40. The van der Waals surface area contributed by atoms with Gasteiger partial charge in [0.25, 0.3) is 0 Å². The van der Waals surface area contributed by atoms with Crippen molar-refractivity contribution < 1.29 is 30.2 Å². The first-order chi connectivity index (χ1) is 18.2. The minimum atomic E-state index is -5.75. The molecule has 0 fully saturated rings. The molecular formula is C29H24F3NO4S. The lowest BCUT2D eigenvalue weighted by Crippen LogP contribution is -2.28. The Balaban J connectivity index is 1.46. The molecule has 0 radical (unpaired) electrons. The zero-order valence-electron chi connectivity index (χ0n) is 20.2. The monoisotopic (exact) mass is 539 g/mol. The number of hydrogen-bond donors (Lipinski definition) is 0. The van der Waals surface area contributed by atoms with Crippen LogP contribution in [0, 0.1) is 5.92 Å². The Bertz CT molecular complexity index is 1490. The lowest BCUT2D eigenvalue weighted by atomic mass is 9.83. The van der Waals surface area contributed by atoms with Crippen LogP contribution in [-0.2, 0) is 16.5 Å². The van der Waals surface area contributed by atoms with E-state index in [0.29, 0.717) is 23.6 Å². The number of alkyl halides is 3. The molecule has 4 aromatic rings. The minimum absolute atomic E-state index is 0.0240. The lowest BCUT2D eigenvalue weighted by molar-refractivity contribution is -0.0500. The van der Waals surface area contributed by atoms with E-state index in [4.69, 9.17) is 9.40 Å². The molecule has 1 aliphatic carbocycles. The van der Waals surface area contributed by atoms with Crippen LogP contribution in [0.2, 0.25) is 0 Å². The van der Waals surface area contributed by atoms with Crippen LogP contribution in [0.1, 0.15) is 30.7 Å². The van der Waals surface area contributed by atoms with Gasteiger partial charge in [-0.05, 0) is 49.3 Å². The van der Waals surface area contributed by atoms with E-state index in [1.807, 2.05) is 60.7 Å². The molecule has 1 aromatic heterocycles. The van der Waals surface area contributed by atoms with Crippen LogP contribution in [0.25, 0.3) is 28.2 Å². The van der Waals surface area contributed by atoms with Gasteiger partial charge in [-0.2, -0.15) is 21.6 Å². The number of rotatable bonds is 7. The zero-order valence-corrected chi connectivity index (χ0v) is 21.0. The average molecular weight is 540 g/mol. The van der Waals surface area contributed by atoms with E-state index in [2.05, 4.69) is 10.3 Å². The second kappa shape index (κ2) is 10.5. The molecule has 0 bridgehead atoms. The summed E-state index contributed by atoms with van der Waals surface area (Å²) in [5.74, 6) is 0.753. The molecule has 0 amide bonds. The summed E-state index contributed by atoms with van der Waals surface area (Å²) in [6.07, 6.45) is 5.16. The molecule has 0 spiro atoms. The predicted octanol–water partition coefficient (Wildman–Crippen LogP) is 7.66. The van der Waals surface area contributed by atoms with Gasteiger partial charge in [-0.1, -0.05) is 78.9 Å². The normalized spacial score (nSPS) is 16.2. The van der Waals surface area contributed by atoms with Gasteiger partial charge >= 0.3 is 15.6 Å². The van der Waals surface area contributed by atoms with Crippen molar-refractivity contribution >= 4 is 15.7 Å². The quantitative estimate of drug-likeness (QED) is 0.178. The van der Waals surface area contributed by atoms with Crippen LogP contribution >= 0.6 is 0 Å². The summed E-state index contributed by atoms with van der Waals surface area (Å²) in [6.45, 7) is 0. The van der Waals surface area contributed by atoms with Crippen LogP contribution in [0.15, 0.2) is 95.4 Å². The fraction of sp³-hybridized carbons (Fsp3) is 0.207. The number of benzene rings is 3. The highest BCUT2D eigenvalue weighted by atomic mass is 32.2. The second-order valence-corrected chi connectivity index (χ2v) is 10.6. The van der Waals surface area contributed by atoms with Crippen molar-refractivity contribution in [2.75, 3.05) is 0 Å². The van der Waals surface area contributed by atoms with E-state index in [0.717, 1.165) is 41.7 Å². The predicted molar refractivity (Wildman–Crippen MR) is 138 cm³/mol. The molecule has 1 aliphatic rings. The molecule has 0 saturated carbocycles. The van der Waals surface area contributed by atoms with Gasteiger partial charge in [-0.3, -0.25) is 0 Å². The maximum atomic E-state index is 12.8. The number of aromatic nitrogens is 1. The first-order valence-corrected chi connectivity index (χ1v) is 13.5. The van der Waals surface area contributed by atoms with Gasteiger partial charge in [-0.15, -0.1) is 0 Å². The third kappa shape index (κ3) is 5.52. The Kier molecular flexibility index (Phi) is 7.12. The van der Waals surface area contributed by atoms with E-state index in [1.165, 1.54) is 18.2 Å². The standard InChI is InChI=1S/C29H24F3NO4S/c30-29(31,32)38(34,35)37-24-16-9-10-20(19-24)18-23-15-7-8-17-25(23)28-33-26(21-11-3-1-4-12-21)27(36-28)22-13-5-2-6-14-22/h1-6,9-14,16-17,19,23H,7-8,15,18H2. The van der Waals surface area contributed by atoms with Crippen LogP contribution in [0.5, 0.6) is 5.75 Å². The molecule has 1 heterocycles. The van der Waals surface area contributed by atoms with Gasteiger partial charge in [0.05, 0.1) is 0 Å². The Hall–Kier alpha value is -3.85. The highest BCUT2D eigenvalue weighted by molar-refractivity contribution is 7.88. The smallest absolute Gasteiger partial charge is 0.436 e. The molecule has 0 N–H and O–H groups in total. The largest absolute Gasteiger partial charge is 0.534 e. The van der Waals surface area contributed by atoms with Crippen LogP contribution in [0.4, 0.5) is 13.2 Å². The zero-order chi connectivity index (χ0) is 26.8. The first-order valence-electron chi connectivity index (χ1n) is 12.1. The molecule has 1 unspecified atom stereocenters. The van der Waals surface area contributed by atoms with Gasteiger partial charge in [0.15, 0.2) is 5.76 Å². The number of oxazole rings is 1. The van der Waals surface area contributed by atoms with E-state index >= 15 is 0 Å². The maximum Gasteiger partial charge on any atom is 0.534 e. The Labute approximate surface area is 218 Å². The van der Waals surface area contributed by atoms with Crippen molar-refractivity contribution in [3.63, 3.8) is 0 Å². The summed E-state index contributed by atoms with van der Waals surface area (Å²) in [4.78, 5) is 4.90. The third-order valence-electron chi connectivity index (χ3n) is 6.39. The first kappa shape index (κ1) is 25.8. The molecular weight excluding hydrogens is 515 g/mol. The van der Waals surface area contributed by atoms with Crippen molar-refractivity contribution in [3.8, 4) is 28.3 Å². The van der Waals surface area contributed by atoms with Gasteiger partial charge in [-0.25, -0.2) is 4.98 Å². The second-order valence-electron chi connectivity index (χ2n) is 9.05. The summed E-state index contributed by atoms with van der Waals surface area (Å²) < 4.78 is 71.9. The summed E-state index contributed by atoms with van der Waals surface area (Å²) in [7, 11) is -5.75. The van der Waals surface area contributed by atoms with E-state index < -0.39 is 15.6 Å². The number of allylic oxidation sites excluding steroid dienone is 2. The van der Waals surface area contributed by atoms with E-state index in [1.54, 1.807) is 6.07 Å². The summed E-state index contributed by atoms with van der Waals surface area (Å²) in [5.41, 5.74) is -1.38. The molecule has 9 heteroatoms. The summed E-state index contributed by atoms with van der Waals surface area (Å²) >= 11 is 0. The molecule has 38 heavy (non-hydrogen) atoms. The average Bonchev–Trinajstić information content (AvgIpc) is 3.35. The third-order valence-corrected chi connectivity index (χ3v) is 7.37. The van der Waals surface area contributed by atoms with E-state index in [-0.39, 0.29) is 11.7 Å². The van der Waals surface area contributed by atoms with Gasteiger partial charge in [0.1, 0.15) is 11.4 Å². The molecule has 196 valence electrons. The number of hydrogen-bond acceptors (Lipinski definition) is 5. The van der Waals surface area contributed by atoms with Crippen molar-refractivity contribution in [2.45, 2.75) is 31.2 Å². The molecule has 0 aliphatic heterocycles. The molecule has 3 aromatic carbocycles. The fourth-order valence-electron chi connectivity index (χ4n) is 4.62. The van der Waals surface area contributed by atoms with Crippen molar-refractivity contribution in [2.24, 2.45) is 5.92 Å². The minimum Gasteiger partial charge on any atom is -0.436 e. The molecule has 5 rings (SSSR count). The number of nitrogens with zero attached hydrogens (tertiary/aromatic N) is 1. The molecule has 5 nitrogen and oxygen atoms in total. The van der Waals surface area contributed by atoms with Crippen molar-refractivity contribution in [1.82, 2.24) is 4.98 Å². The topological polar surface area (TPSA) is 69.4 Å². The lowest BCUT2D eigenvalue weighted by Gasteiger charge is -2.22. The molecule has 1 atom stereocenters. The summed E-state index contributed by atoms with van der Waals surface area (Å²) in [6, 6.07) is 25.2. The SMILES string of the molecule is O=S(=O)(Oc1cccc(CC2CCCC=C2c2nc(-c3ccccc3)c(-c3ccccc3)o2)c1)C(F)(F)F. The van der Waals surface area contributed by atoms with Gasteiger partial charge in [0.2, 0.25) is 5.89 Å². The highest BCUT2D eigenvalue weighted by Gasteiger charge is 2.48. The molecule has 0 saturated heterocycles. The van der Waals surface area contributed by atoms with Crippen molar-refractivity contribution in [3.05, 3.63) is 102 Å². The van der Waals surface area contributed by atoms with Crippen molar-refractivity contribution in [1.29, 1.82) is 0 Å². The Morgan fingerprint density at radius 2 is 1.61 bits per heavy atom. The maximum absolute atomic E-state index is 12.8. The van der Waals surface area contributed by atoms with Crippen LogP contribution in [-0.4, -0.2) is 18.9 Å². The van der Waals surface area contributed by atoms with Crippen LogP contribution in [0.3, 0.4) is 0 Å².